The first-order valence-corrected chi connectivity index (χ1v) is 8.19. The van der Waals surface area contributed by atoms with Crippen molar-refractivity contribution in [3.05, 3.63) is 58.9 Å². The van der Waals surface area contributed by atoms with Crippen LogP contribution in [0.25, 0.3) is 0 Å². The number of rotatable bonds is 4. The van der Waals surface area contributed by atoms with E-state index in [0.717, 1.165) is 16.9 Å². The lowest BCUT2D eigenvalue weighted by atomic mass is 10.1. The van der Waals surface area contributed by atoms with Gasteiger partial charge in [-0.25, -0.2) is 0 Å². The quantitative estimate of drug-likeness (QED) is 0.868. The van der Waals surface area contributed by atoms with E-state index in [1.165, 1.54) is 0 Å². The molecule has 1 aromatic carbocycles. The summed E-state index contributed by atoms with van der Waals surface area (Å²) < 4.78 is 0. The van der Waals surface area contributed by atoms with E-state index in [1.807, 2.05) is 37.3 Å². The Morgan fingerprint density at radius 1 is 1.38 bits per heavy atom. The number of nitrogens with one attached hydrogen (secondary N) is 1. The Kier molecular flexibility index (Phi) is 4.81. The molecule has 1 aliphatic rings. The van der Waals surface area contributed by atoms with Crippen LogP contribution >= 0.6 is 11.6 Å². The van der Waals surface area contributed by atoms with Crippen LogP contribution in [-0.2, 0) is 16.1 Å². The number of nitrogens with zero attached hydrogens (tertiary/aromatic N) is 2. The van der Waals surface area contributed by atoms with Gasteiger partial charge in [0.25, 0.3) is 0 Å². The van der Waals surface area contributed by atoms with Crippen LogP contribution in [0.4, 0.5) is 5.69 Å². The molecule has 6 heteroatoms. The van der Waals surface area contributed by atoms with E-state index in [1.54, 1.807) is 17.2 Å². The molecule has 1 unspecified atom stereocenters. The van der Waals surface area contributed by atoms with Crippen LogP contribution in [0.2, 0.25) is 5.02 Å². The maximum absolute atomic E-state index is 12.6. The highest BCUT2D eigenvalue weighted by atomic mass is 35.5. The van der Waals surface area contributed by atoms with Gasteiger partial charge in [-0.3, -0.25) is 14.6 Å². The first-order chi connectivity index (χ1) is 11.6. The van der Waals surface area contributed by atoms with E-state index < -0.39 is 5.92 Å². The molecule has 2 amide bonds. The first-order valence-electron chi connectivity index (χ1n) is 7.81. The van der Waals surface area contributed by atoms with Crippen molar-refractivity contribution >= 4 is 29.1 Å². The summed E-state index contributed by atoms with van der Waals surface area (Å²) in [5.41, 5.74) is 2.45. The molecule has 2 heterocycles. The summed E-state index contributed by atoms with van der Waals surface area (Å²) in [6.45, 7) is 2.74. The van der Waals surface area contributed by atoms with Crippen LogP contribution in [-0.4, -0.2) is 23.3 Å². The molecule has 124 valence electrons. The molecule has 1 fully saturated rings. The molecule has 1 saturated heterocycles. The second-order valence-corrected chi connectivity index (χ2v) is 6.21. The molecule has 24 heavy (non-hydrogen) atoms. The van der Waals surface area contributed by atoms with Crippen molar-refractivity contribution in [3.63, 3.8) is 0 Å². The number of aromatic nitrogens is 1. The summed E-state index contributed by atoms with van der Waals surface area (Å²) in [5.74, 6) is -1.10. The number of anilines is 1. The Bertz CT molecular complexity index is 764. The summed E-state index contributed by atoms with van der Waals surface area (Å²) in [7, 11) is 0. The summed E-state index contributed by atoms with van der Waals surface area (Å²) in [6, 6.07) is 11.0. The smallest absolute Gasteiger partial charge is 0.239 e. The van der Waals surface area contributed by atoms with Crippen molar-refractivity contribution < 1.29 is 9.59 Å². The molecule has 5 nitrogen and oxygen atoms in total. The second kappa shape index (κ2) is 7.01. The Labute approximate surface area is 145 Å². The summed E-state index contributed by atoms with van der Waals surface area (Å²) >= 11 is 6.13. The predicted octanol–water partition coefficient (Wildman–Crippen LogP) is 2.71. The van der Waals surface area contributed by atoms with Crippen LogP contribution in [0.1, 0.15) is 17.7 Å². The van der Waals surface area contributed by atoms with E-state index in [-0.39, 0.29) is 11.8 Å². The lowest BCUT2D eigenvalue weighted by Crippen LogP contribution is -2.36. The predicted molar refractivity (Wildman–Crippen MR) is 92.7 cm³/mol. The molecule has 0 spiro atoms. The Morgan fingerprint density at radius 3 is 2.92 bits per heavy atom. The van der Waals surface area contributed by atoms with Gasteiger partial charge < -0.3 is 10.2 Å². The average Bonchev–Trinajstić information content (AvgIpc) is 2.98. The Hall–Kier alpha value is -2.40. The van der Waals surface area contributed by atoms with E-state index in [0.29, 0.717) is 24.5 Å². The Morgan fingerprint density at radius 2 is 2.21 bits per heavy atom. The molecule has 0 aliphatic carbocycles. The van der Waals surface area contributed by atoms with Crippen molar-refractivity contribution in [3.8, 4) is 0 Å². The molecule has 1 aliphatic heterocycles. The van der Waals surface area contributed by atoms with Crippen molar-refractivity contribution in [2.45, 2.75) is 19.9 Å². The molecule has 2 aromatic rings. The highest BCUT2D eigenvalue weighted by Gasteiger charge is 2.37. The highest BCUT2D eigenvalue weighted by Crippen LogP contribution is 2.29. The largest absolute Gasteiger partial charge is 0.350 e. The van der Waals surface area contributed by atoms with Crippen LogP contribution in [0.15, 0.2) is 42.6 Å². The number of hydrogen-bond acceptors (Lipinski definition) is 3. The summed E-state index contributed by atoms with van der Waals surface area (Å²) in [5, 5.41) is 3.40. The lowest BCUT2D eigenvalue weighted by Gasteiger charge is -2.17. The van der Waals surface area contributed by atoms with Crippen LogP contribution in [0.3, 0.4) is 0 Å². The monoisotopic (exact) mass is 343 g/mol. The fourth-order valence-electron chi connectivity index (χ4n) is 2.73. The summed E-state index contributed by atoms with van der Waals surface area (Å²) in [6.07, 6.45) is 2.17. The molecule has 0 radical (unpaired) electrons. The number of aryl methyl sites for hydroxylation is 1. The van der Waals surface area contributed by atoms with E-state index in [2.05, 4.69) is 10.3 Å². The van der Waals surface area contributed by atoms with Gasteiger partial charge in [-0.15, -0.1) is 0 Å². The molecule has 3 rings (SSSR count). The van der Waals surface area contributed by atoms with E-state index in [9.17, 15) is 9.59 Å². The molecule has 1 atom stereocenters. The fourth-order valence-corrected chi connectivity index (χ4v) is 2.91. The van der Waals surface area contributed by atoms with Gasteiger partial charge >= 0.3 is 0 Å². The number of carbonyl (C=O) groups excluding carboxylic acids is 2. The van der Waals surface area contributed by atoms with Gasteiger partial charge in [0.05, 0.1) is 12.2 Å². The first kappa shape index (κ1) is 16.5. The van der Waals surface area contributed by atoms with E-state index in [4.69, 9.17) is 11.6 Å². The molecular formula is C18H18ClN3O2. The second-order valence-electron chi connectivity index (χ2n) is 5.80. The number of halogens is 1. The standard InChI is InChI=1S/C18H18ClN3O2/c1-12-5-6-14(10-16(12)19)22-9-7-15(18(22)24)17(23)21-11-13-4-2-3-8-20-13/h2-6,8,10,15H,7,9,11H2,1H3,(H,21,23). The van der Waals surface area contributed by atoms with Crippen molar-refractivity contribution in [1.82, 2.24) is 10.3 Å². The number of benzene rings is 1. The molecular weight excluding hydrogens is 326 g/mol. The van der Waals surface area contributed by atoms with Crippen LogP contribution < -0.4 is 10.2 Å². The average molecular weight is 344 g/mol. The third-order valence-corrected chi connectivity index (χ3v) is 4.57. The van der Waals surface area contributed by atoms with Gasteiger partial charge in [0, 0.05) is 23.5 Å². The molecule has 0 saturated carbocycles. The number of amides is 2. The SMILES string of the molecule is Cc1ccc(N2CCC(C(=O)NCc3ccccn3)C2=O)cc1Cl. The van der Waals surface area contributed by atoms with Crippen molar-refractivity contribution in [2.75, 3.05) is 11.4 Å². The Balaban J connectivity index is 1.65. The lowest BCUT2D eigenvalue weighted by molar-refractivity contribution is -0.132. The molecule has 1 N–H and O–H groups in total. The highest BCUT2D eigenvalue weighted by molar-refractivity contribution is 6.31. The third kappa shape index (κ3) is 3.41. The zero-order valence-corrected chi connectivity index (χ0v) is 14.1. The van der Waals surface area contributed by atoms with Gasteiger partial charge in [-0.2, -0.15) is 0 Å². The topological polar surface area (TPSA) is 62.3 Å². The van der Waals surface area contributed by atoms with Crippen LogP contribution in [0, 0.1) is 12.8 Å². The van der Waals surface area contributed by atoms with Gasteiger partial charge in [0.15, 0.2) is 0 Å². The molecule has 1 aromatic heterocycles. The zero-order valence-electron chi connectivity index (χ0n) is 13.3. The fraction of sp³-hybridized carbons (Fsp3) is 0.278. The van der Waals surface area contributed by atoms with Crippen LogP contribution in [0.5, 0.6) is 0 Å². The van der Waals surface area contributed by atoms with Crippen molar-refractivity contribution in [1.29, 1.82) is 0 Å². The van der Waals surface area contributed by atoms with E-state index >= 15 is 0 Å². The van der Waals surface area contributed by atoms with Gasteiger partial charge in [-0.05, 0) is 43.2 Å². The zero-order chi connectivity index (χ0) is 17.1. The normalized spacial score (nSPS) is 17.2. The number of pyridine rings is 1. The maximum Gasteiger partial charge on any atom is 0.239 e. The third-order valence-electron chi connectivity index (χ3n) is 4.16. The minimum Gasteiger partial charge on any atom is -0.350 e. The van der Waals surface area contributed by atoms with Gasteiger partial charge in [0.1, 0.15) is 5.92 Å². The van der Waals surface area contributed by atoms with Gasteiger partial charge in [-0.1, -0.05) is 23.7 Å². The maximum atomic E-state index is 12.6. The minimum atomic E-state index is -0.659. The minimum absolute atomic E-state index is 0.187. The van der Waals surface area contributed by atoms with Gasteiger partial charge in [0.2, 0.25) is 11.8 Å². The number of hydrogen-bond donors (Lipinski definition) is 1. The summed E-state index contributed by atoms with van der Waals surface area (Å²) in [4.78, 5) is 30.6. The number of carbonyl (C=O) groups is 2. The van der Waals surface area contributed by atoms with Crippen molar-refractivity contribution in [2.24, 2.45) is 5.92 Å². The molecule has 0 bridgehead atoms.